The summed E-state index contributed by atoms with van der Waals surface area (Å²) in [5.74, 6) is 1.22. The minimum atomic E-state index is -0.492. The number of carbonyl (C=O) groups excluding carboxylic acids is 1. The van der Waals surface area contributed by atoms with Crippen molar-refractivity contribution >= 4 is 6.09 Å². The van der Waals surface area contributed by atoms with E-state index in [4.69, 9.17) is 9.47 Å². The smallest absolute Gasteiger partial charge is 0.407 e. The SMILES string of the molecule is CCOc1ccc(CNC(C)(CNC(=O)OC(C)(C)C)C(C)C)cc1. The molecule has 0 radical (unpaired) electrons. The normalized spacial score (nSPS) is 14.1. The lowest BCUT2D eigenvalue weighted by atomic mass is 9.88. The van der Waals surface area contributed by atoms with Gasteiger partial charge in [-0.2, -0.15) is 0 Å². The van der Waals surface area contributed by atoms with Crippen molar-refractivity contribution in [1.82, 2.24) is 10.6 Å². The van der Waals surface area contributed by atoms with E-state index in [1.54, 1.807) is 0 Å². The Hall–Kier alpha value is -1.75. The highest BCUT2D eigenvalue weighted by Gasteiger charge is 2.29. The van der Waals surface area contributed by atoms with Crippen molar-refractivity contribution in [1.29, 1.82) is 0 Å². The number of nitrogens with one attached hydrogen (secondary N) is 2. The number of rotatable bonds is 8. The van der Waals surface area contributed by atoms with E-state index < -0.39 is 5.60 Å². The molecule has 1 amide bonds. The fourth-order valence-corrected chi connectivity index (χ4v) is 2.21. The Bertz CT molecular complexity index is 535. The van der Waals surface area contributed by atoms with Crippen LogP contribution < -0.4 is 15.4 Å². The standard InChI is InChI=1S/C20H34N2O3/c1-8-24-17-11-9-16(10-12-17)13-22-20(7,15(2)3)14-21-18(23)25-19(4,5)6/h9-12,15,22H,8,13-14H2,1-7H3,(H,21,23). The predicted octanol–water partition coefficient (Wildman–Crippen LogP) is 4.11. The molecule has 0 spiro atoms. The molecule has 25 heavy (non-hydrogen) atoms. The average Bonchev–Trinajstić information content (AvgIpc) is 2.51. The third-order valence-electron chi connectivity index (χ3n) is 4.20. The van der Waals surface area contributed by atoms with E-state index in [0.29, 0.717) is 19.1 Å². The second kappa shape index (κ2) is 9.09. The van der Waals surface area contributed by atoms with Crippen molar-refractivity contribution in [3.8, 4) is 5.75 Å². The van der Waals surface area contributed by atoms with Crippen molar-refractivity contribution in [3.63, 3.8) is 0 Å². The van der Waals surface area contributed by atoms with E-state index in [1.807, 2.05) is 39.8 Å². The first-order valence-corrected chi connectivity index (χ1v) is 8.99. The summed E-state index contributed by atoms with van der Waals surface area (Å²) in [7, 11) is 0. The van der Waals surface area contributed by atoms with Gasteiger partial charge in [0.05, 0.1) is 6.61 Å². The van der Waals surface area contributed by atoms with Gasteiger partial charge >= 0.3 is 6.09 Å². The second-order valence-corrected chi connectivity index (χ2v) is 7.86. The van der Waals surface area contributed by atoms with Crippen LogP contribution >= 0.6 is 0 Å². The molecule has 142 valence electrons. The molecule has 0 fully saturated rings. The van der Waals surface area contributed by atoms with Crippen molar-refractivity contribution in [3.05, 3.63) is 29.8 Å². The molecule has 0 bridgehead atoms. The molecule has 0 aliphatic heterocycles. The maximum absolute atomic E-state index is 11.9. The van der Waals surface area contributed by atoms with Crippen molar-refractivity contribution < 1.29 is 14.3 Å². The van der Waals surface area contributed by atoms with E-state index in [0.717, 1.165) is 12.3 Å². The molecular weight excluding hydrogens is 316 g/mol. The molecule has 0 saturated heterocycles. The van der Waals surface area contributed by atoms with Crippen LogP contribution in [0.4, 0.5) is 4.79 Å². The molecule has 0 heterocycles. The van der Waals surface area contributed by atoms with E-state index >= 15 is 0 Å². The van der Waals surface area contributed by atoms with Gasteiger partial charge in [0.25, 0.3) is 0 Å². The number of benzene rings is 1. The lowest BCUT2D eigenvalue weighted by Crippen LogP contribution is -2.55. The second-order valence-electron chi connectivity index (χ2n) is 7.86. The van der Waals surface area contributed by atoms with Crippen LogP contribution in [0.5, 0.6) is 5.75 Å². The van der Waals surface area contributed by atoms with Gasteiger partial charge in [0.2, 0.25) is 0 Å². The number of amides is 1. The molecule has 0 aliphatic rings. The highest BCUT2D eigenvalue weighted by Crippen LogP contribution is 2.18. The van der Waals surface area contributed by atoms with Crippen molar-refractivity contribution in [2.24, 2.45) is 5.92 Å². The Kier molecular flexibility index (Phi) is 7.74. The summed E-state index contributed by atoms with van der Waals surface area (Å²) in [6, 6.07) is 8.07. The highest BCUT2D eigenvalue weighted by molar-refractivity contribution is 5.67. The molecule has 0 aromatic heterocycles. The Morgan fingerprint density at radius 3 is 2.20 bits per heavy atom. The Balaban J connectivity index is 2.61. The molecule has 5 heteroatoms. The van der Waals surface area contributed by atoms with Crippen LogP contribution in [0.15, 0.2) is 24.3 Å². The average molecular weight is 351 g/mol. The summed E-state index contributed by atoms with van der Waals surface area (Å²) >= 11 is 0. The Morgan fingerprint density at radius 1 is 1.12 bits per heavy atom. The fourth-order valence-electron chi connectivity index (χ4n) is 2.21. The van der Waals surface area contributed by atoms with Gasteiger partial charge in [0.15, 0.2) is 0 Å². The molecule has 1 unspecified atom stereocenters. The van der Waals surface area contributed by atoms with Gasteiger partial charge < -0.3 is 20.1 Å². The maximum atomic E-state index is 11.9. The summed E-state index contributed by atoms with van der Waals surface area (Å²) in [5.41, 5.74) is 0.441. The molecule has 2 N–H and O–H groups in total. The molecule has 1 aromatic carbocycles. The van der Waals surface area contributed by atoms with Crippen LogP contribution in [-0.4, -0.2) is 30.4 Å². The minimum Gasteiger partial charge on any atom is -0.494 e. The van der Waals surface area contributed by atoms with E-state index in [1.165, 1.54) is 5.56 Å². The topological polar surface area (TPSA) is 59.6 Å². The van der Waals surface area contributed by atoms with Gasteiger partial charge in [-0.15, -0.1) is 0 Å². The first-order chi connectivity index (χ1) is 11.6. The first-order valence-electron chi connectivity index (χ1n) is 8.99. The fraction of sp³-hybridized carbons (Fsp3) is 0.650. The summed E-state index contributed by atoms with van der Waals surface area (Å²) in [4.78, 5) is 11.9. The number of hydrogen-bond donors (Lipinski definition) is 2. The van der Waals surface area contributed by atoms with Gasteiger partial charge in [-0.25, -0.2) is 4.79 Å². The number of alkyl carbamates (subject to hydrolysis) is 1. The van der Waals surface area contributed by atoms with Crippen LogP contribution in [0.1, 0.15) is 54.0 Å². The van der Waals surface area contributed by atoms with Crippen LogP contribution in [0.3, 0.4) is 0 Å². The summed E-state index contributed by atoms with van der Waals surface area (Å²) < 4.78 is 10.8. The summed E-state index contributed by atoms with van der Waals surface area (Å²) in [6.07, 6.45) is -0.387. The summed E-state index contributed by atoms with van der Waals surface area (Å²) in [5, 5.41) is 6.45. The highest BCUT2D eigenvalue weighted by atomic mass is 16.6. The molecule has 5 nitrogen and oxygen atoms in total. The lowest BCUT2D eigenvalue weighted by Gasteiger charge is -2.35. The van der Waals surface area contributed by atoms with E-state index in [-0.39, 0.29) is 11.6 Å². The van der Waals surface area contributed by atoms with Crippen LogP contribution in [-0.2, 0) is 11.3 Å². The monoisotopic (exact) mass is 350 g/mol. The first kappa shape index (κ1) is 21.3. The molecule has 0 aliphatic carbocycles. The van der Waals surface area contributed by atoms with Crippen LogP contribution in [0, 0.1) is 5.92 Å². The minimum absolute atomic E-state index is 0.241. The van der Waals surface area contributed by atoms with Crippen molar-refractivity contribution in [2.75, 3.05) is 13.2 Å². The van der Waals surface area contributed by atoms with Gasteiger partial charge in [-0.05, 0) is 58.2 Å². The Morgan fingerprint density at radius 2 is 1.72 bits per heavy atom. The zero-order valence-corrected chi connectivity index (χ0v) is 16.7. The van der Waals surface area contributed by atoms with Gasteiger partial charge in [-0.3, -0.25) is 0 Å². The lowest BCUT2D eigenvalue weighted by molar-refractivity contribution is 0.0503. The van der Waals surface area contributed by atoms with Gasteiger partial charge in [-0.1, -0.05) is 26.0 Å². The van der Waals surface area contributed by atoms with E-state index in [2.05, 4.69) is 43.5 Å². The molecule has 1 atom stereocenters. The quantitative estimate of drug-likeness (QED) is 0.740. The van der Waals surface area contributed by atoms with Crippen LogP contribution in [0.2, 0.25) is 0 Å². The number of carbonyl (C=O) groups is 1. The largest absolute Gasteiger partial charge is 0.494 e. The molecular formula is C20H34N2O3. The predicted molar refractivity (Wildman–Crippen MR) is 102 cm³/mol. The van der Waals surface area contributed by atoms with Gasteiger partial charge in [0.1, 0.15) is 11.4 Å². The van der Waals surface area contributed by atoms with Crippen molar-refractivity contribution in [2.45, 2.75) is 66.2 Å². The molecule has 0 saturated carbocycles. The van der Waals surface area contributed by atoms with Gasteiger partial charge in [0, 0.05) is 18.6 Å². The zero-order chi connectivity index (χ0) is 19.1. The molecule has 1 rings (SSSR count). The molecule has 1 aromatic rings. The van der Waals surface area contributed by atoms with E-state index in [9.17, 15) is 4.79 Å². The maximum Gasteiger partial charge on any atom is 0.407 e. The Labute approximate surface area is 152 Å². The zero-order valence-electron chi connectivity index (χ0n) is 16.7. The third-order valence-corrected chi connectivity index (χ3v) is 4.20. The third kappa shape index (κ3) is 7.78. The van der Waals surface area contributed by atoms with Crippen LogP contribution in [0.25, 0.3) is 0 Å². The summed E-state index contributed by atoms with van der Waals surface area (Å²) in [6.45, 7) is 15.8. The number of ether oxygens (including phenoxy) is 2. The number of hydrogen-bond acceptors (Lipinski definition) is 4.